The summed E-state index contributed by atoms with van der Waals surface area (Å²) in [6.45, 7) is 2.00. The number of ether oxygens (including phenoxy) is 2. The second kappa shape index (κ2) is 9.91. The molecule has 38 heavy (non-hydrogen) atoms. The van der Waals surface area contributed by atoms with E-state index in [1.807, 2.05) is 36.4 Å². The number of aromatic nitrogens is 2. The zero-order valence-electron chi connectivity index (χ0n) is 22.0. The molecule has 2 aliphatic heterocycles. The smallest absolute Gasteiger partial charge is 0.255 e. The maximum atomic E-state index is 13.3. The number of hydrogen-bond acceptors (Lipinski definition) is 7. The van der Waals surface area contributed by atoms with Gasteiger partial charge in [0.2, 0.25) is 5.95 Å². The third-order valence-corrected chi connectivity index (χ3v) is 8.41. The number of benzene rings is 2. The molecule has 3 aliphatic rings. The van der Waals surface area contributed by atoms with Gasteiger partial charge in [-0.2, -0.15) is 0 Å². The molecular weight excluding hydrogens is 480 g/mol. The summed E-state index contributed by atoms with van der Waals surface area (Å²) in [5.74, 6) is 2.19. The van der Waals surface area contributed by atoms with E-state index in [1.165, 1.54) is 5.56 Å². The van der Waals surface area contributed by atoms with Crippen LogP contribution in [0.2, 0.25) is 0 Å². The first kappa shape index (κ1) is 24.7. The third kappa shape index (κ3) is 4.36. The molecule has 8 heteroatoms. The minimum atomic E-state index is -0.844. The van der Waals surface area contributed by atoms with Gasteiger partial charge in [0.05, 0.1) is 25.5 Å². The topological polar surface area (TPSA) is 100 Å². The zero-order chi connectivity index (χ0) is 26.3. The van der Waals surface area contributed by atoms with E-state index >= 15 is 0 Å². The van der Waals surface area contributed by atoms with Crippen molar-refractivity contribution < 1.29 is 14.6 Å². The summed E-state index contributed by atoms with van der Waals surface area (Å²) >= 11 is 0. The zero-order valence-corrected chi connectivity index (χ0v) is 22.0. The fourth-order valence-electron chi connectivity index (χ4n) is 6.21. The number of aliphatic imine (C=N–C) groups is 1. The average molecular weight is 515 g/mol. The highest BCUT2D eigenvalue weighted by molar-refractivity contribution is 6.05. The Morgan fingerprint density at radius 1 is 1.05 bits per heavy atom. The SMILES string of the molecule is COc1cc2c(cc1OC)C(C1CCc3nc(N4CCC(O)(c5ccccc5)CC4)[nH]c(=O)c3C1)=NCC2. The number of aromatic amines is 1. The van der Waals surface area contributed by atoms with Crippen molar-refractivity contribution in [3.05, 3.63) is 80.8 Å². The molecule has 1 saturated heterocycles. The molecule has 2 N–H and O–H groups in total. The Hall–Kier alpha value is -3.65. The van der Waals surface area contributed by atoms with Gasteiger partial charge in [-0.1, -0.05) is 30.3 Å². The van der Waals surface area contributed by atoms with E-state index in [9.17, 15) is 9.90 Å². The number of nitrogens with zero attached hydrogens (tertiary/aromatic N) is 3. The molecule has 1 aromatic heterocycles. The lowest BCUT2D eigenvalue weighted by Crippen LogP contribution is -2.44. The molecule has 0 amide bonds. The summed E-state index contributed by atoms with van der Waals surface area (Å²) in [4.78, 5) is 28.2. The largest absolute Gasteiger partial charge is 0.493 e. The van der Waals surface area contributed by atoms with Gasteiger partial charge in [0.25, 0.3) is 5.56 Å². The van der Waals surface area contributed by atoms with Gasteiger partial charge in [0.15, 0.2) is 11.5 Å². The molecule has 0 saturated carbocycles. The highest BCUT2D eigenvalue weighted by atomic mass is 16.5. The highest BCUT2D eigenvalue weighted by Gasteiger charge is 2.35. The second-order valence-corrected chi connectivity index (χ2v) is 10.5. The van der Waals surface area contributed by atoms with Crippen molar-refractivity contribution in [3.63, 3.8) is 0 Å². The molecule has 1 unspecified atom stereocenters. The summed E-state index contributed by atoms with van der Waals surface area (Å²) in [5, 5.41) is 11.2. The van der Waals surface area contributed by atoms with Gasteiger partial charge >= 0.3 is 0 Å². The summed E-state index contributed by atoms with van der Waals surface area (Å²) in [6.07, 6.45) is 4.30. The maximum absolute atomic E-state index is 13.3. The lowest BCUT2D eigenvalue weighted by molar-refractivity contribution is 0.0115. The quantitative estimate of drug-likeness (QED) is 0.541. The summed E-state index contributed by atoms with van der Waals surface area (Å²) < 4.78 is 11.1. The van der Waals surface area contributed by atoms with E-state index in [-0.39, 0.29) is 11.5 Å². The third-order valence-electron chi connectivity index (χ3n) is 8.41. The highest BCUT2D eigenvalue weighted by Crippen LogP contribution is 2.37. The predicted octanol–water partition coefficient (Wildman–Crippen LogP) is 3.43. The Morgan fingerprint density at radius 3 is 2.53 bits per heavy atom. The van der Waals surface area contributed by atoms with Crippen LogP contribution in [0.1, 0.15) is 47.2 Å². The molecule has 0 bridgehead atoms. The van der Waals surface area contributed by atoms with Crippen molar-refractivity contribution in [2.75, 3.05) is 38.8 Å². The van der Waals surface area contributed by atoms with Crippen molar-refractivity contribution in [2.24, 2.45) is 10.9 Å². The van der Waals surface area contributed by atoms with Gasteiger partial charge < -0.3 is 19.5 Å². The molecule has 2 aromatic carbocycles. The van der Waals surface area contributed by atoms with E-state index in [4.69, 9.17) is 19.5 Å². The average Bonchev–Trinajstić information content (AvgIpc) is 2.96. The van der Waals surface area contributed by atoms with Gasteiger partial charge in [-0.3, -0.25) is 14.8 Å². The van der Waals surface area contributed by atoms with E-state index in [1.54, 1.807) is 14.2 Å². The lowest BCUT2D eigenvalue weighted by atomic mass is 9.79. The molecule has 3 heterocycles. The number of hydrogen-bond donors (Lipinski definition) is 2. The number of aryl methyl sites for hydroxylation is 1. The number of H-pyrrole nitrogens is 1. The van der Waals surface area contributed by atoms with Crippen LogP contribution in [-0.2, 0) is 24.9 Å². The number of nitrogens with one attached hydrogen (secondary N) is 1. The van der Waals surface area contributed by atoms with Crippen LogP contribution in [-0.4, -0.2) is 54.6 Å². The second-order valence-electron chi connectivity index (χ2n) is 10.5. The van der Waals surface area contributed by atoms with Crippen LogP contribution in [0.5, 0.6) is 11.5 Å². The maximum Gasteiger partial charge on any atom is 0.255 e. The van der Waals surface area contributed by atoms with Crippen molar-refractivity contribution in [1.82, 2.24) is 9.97 Å². The van der Waals surface area contributed by atoms with Gasteiger partial charge in [0, 0.05) is 42.4 Å². The molecule has 8 nitrogen and oxygen atoms in total. The Morgan fingerprint density at radius 2 is 1.79 bits per heavy atom. The standard InChI is InChI=1S/C30H34N4O4/c1-37-25-17-19-10-13-31-27(22(19)18-26(25)38-2)20-8-9-24-23(16-20)28(35)33-29(32-24)34-14-11-30(36,12-15-34)21-6-4-3-5-7-21/h3-7,17-18,20,36H,8-16H2,1-2H3,(H,32,33,35). The predicted molar refractivity (Wildman–Crippen MR) is 147 cm³/mol. The molecule has 6 rings (SSSR count). The number of anilines is 1. The summed E-state index contributed by atoms with van der Waals surface area (Å²) in [6, 6.07) is 13.9. The molecular formula is C30H34N4O4. The molecule has 0 radical (unpaired) electrons. The fourth-order valence-corrected chi connectivity index (χ4v) is 6.21. The Kier molecular flexibility index (Phi) is 6.43. The molecule has 1 atom stereocenters. The van der Waals surface area contributed by atoms with Crippen LogP contribution in [0.15, 0.2) is 52.3 Å². The summed E-state index contributed by atoms with van der Waals surface area (Å²) in [5.41, 5.74) is 5.04. The van der Waals surface area contributed by atoms with Gasteiger partial charge in [0.1, 0.15) is 0 Å². The molecule has 198 valence electrons. The Balaban J connectivity index is 1.21. The minimum absolute atomic E-state index is 0.0671. The molecule has 3 aromatic rings. The number of piperidine rings is 1. The fraction of sp³-hybridized carbons (Fsp3) is 0.433. The number of rotatable bonds is 5. The summed E-state index contributed by atoms with van der Waals surface area (Å²) in [7, 11) is 3.30. The van der Waals surface area contributed by atoms with Crippen molar-refractivity contribution in [2.45, 2.75) is 44.1 Å². The van der Waals surface area contributed by atoms with Crippen LogP contribution in [0.4, 0.5) is 5.95 Å². The van der Waals surface area contributed by atoms with Gasteiger partial charge in [-0.15, -0.1) is 0 Å². The van der Waals surface area contributed by atoms with Crippen molar-refractivity contribution in [1.29, 1.82) is 0 Å². The van der Waals surface area contributed by atoms with E-state index in [0.29, 0.717) is 44.0 Å². The first-order valence-corrected chi connectivity index (χ1v) is 13.4. The minimum Gasteiger partial charge on any atom is -0.493 e. The van der Waals surface area contributed by atoms with Crippen LogP contribution >= 0.6 is 0 Å². The van der Waals surface area contributed by atoms with Gasteiger partial charge in [-0.25, -0.2) is 4.98 Å². The van der Waals surface area contributed by atoms with Crippen LogP contribution < -0.4 is 19.9 Å². The van der Waals surface area contributed by atoms with Gasteiger partial charge in [-0.05, 0) is 61.8 Å². The normalized spacial score (nSPS) is 20.2. The van der Waals surface area contributed by atoms with Crippen molar-refractivity contribution in [3.8, 4) is 11.5 Å². The van der Waals surface area contributed by atoms with Crippen LogP contribution in [0.25, 0.3) is 0 Å². The number of methoxy groups -OCH3 is 2. The van der Waals surface area contributed by atoms with Crippen molar-refractivity contribution >= 4 is 11.7 Å². The first-order valence-electron chi connectivity index (χ1n) is 13.4. The van der Waals surface area contributed by atoms with E-state index in [2.05, 4.69) is 16.0 Å². The molecule has 1 aliphatic carbocycles. The van der Waals surface area contributed by atoms with Crippen LogP contribution in [0.3, 0.4) is 0 Å². The Bertz CT molecular complexity index is 1420. The molecule has 0 spiro atoms. The number of fused-ring (bicyclic) bond motifs is 2. The van der Waals surface area contributed by atoms with E-state index in [0.717, 1.165) is 59.7 Å². The molecule has 1 fully saturated rings. The lowest BCUT2D eigenvalue weighted by Gasteiger charge is -2.39. The van der Waals surface area contributed by atoms with E-state index < -0.39 is 5.60 Å². The number of aliphatic hydroxyl groups is 1. The monoisotopic (exact) mass is 514 g/mol. The van der Waals surface area contributed by atoms with Crippen LogP contribution in [0, 0.1) is 5.92 Å². The Labute approximate surface area is 222 Å². The first-order chi connectivity index (χ1) is 18.5.